The van der Waals surface area contributed by atoms with Gasteiger partial charge in [0.05, 0.1) is 11.3 Å². The molecule has 0 spiro atoms. The highest BCUT2D eigenvalue weighted by Crippen LogP contribution is 2.22. The van der Waals surface area contributed by atoms with Gasteiger partial charge in [-0.15, -0.1) is 10.2 Å². The number of nitrogens with zero attached hydrogens (tertiary/aromatic N) is 4. The van der Waals surface area contributed by atoms with E-state index in [-0.39, 0.29) is 29.4 Å². The molecule has 33 heavy (non-hydrogen) atoms. The number of carbonyl (C=O) groups is 2. The van der Waals surface area contributed by atoms with Crippen molar-refractivity contribution < 1.29 is 14.0 Å². The summed E-state index contributed by atoms with van der Waals surface area (Å²) in [6.07, 6.45) is 3.45. The van der Waals surface area contributed by atoms with Crippen molar-refractivity contribution in [1.82, 2.24) is 19.7 Å². The van der Waals surface area contributed by atoms with Gasteiger partial charge in [-0.1, -0.05) is 36.0 Å². The number of carbonyl (C=O) groups excluding carboxylic acids is 2. The van der Waals surface area contributed by atoms with Crippen LogP contribution >= 0.6 is 11.8 Å². The summed E-state index contributed by atoms with van der Waals surface area (Å²) in [6, 6.07) is 16.5. The van der Waals surface area contributed by atoms with Gasteiger partial charge >= 0.3 is 0 Å². The van der Waals surface area contributed by atoms with Crippen molar-refractivity contribution in [2.45, 2.75) is 11.6 Å². The summed E-state index contributed by atoms with van der Waals surface area (Å²) in [5, 5.41) is 11.8. The second-order valence-electron chi connectivity index (χ2n) is 7.21. The number of thioether (sulfide) groups is 1. The van der Waals surface area contributed by atoms with Crippen molar-refractivity contribution in [2.24, 2.45) is 7.05 Å². The maximum atomic E-state index is 13.8. The van der Waals surface area contributed by atoms with Crippen LogP contribution in [0.2, 0.25) is 0 Å². The normalized spacial score (nSPS) is 10.7. The number of amides is 1. The molecule has 0 saturated heterocycles. The fourth-order valence-corrected chi connectivity index (χ4v) is 3.91. The van der Waals surface area contributed by atoms with E-state index in [0.29, 0.717) is 16.7 Å². The number of anilines is 1. The first-order valence-electron chi connectivity index (χ1n) is 10.1. The molecule has 7 nitrogen and oxygen atoms in total. The van der Waals surface area contributed by atoms with Crippen molar-refractivity contribution in [3.8, 4) is 11.4 Å². The molecule has 2 aromatic heterocycles. The first-order valence-corrected chi connectivity index (χ1v) is 11.1. The summed E-state index contributed by atoms with van der Waals surface area (Å²) in [4.78, 5) is 28.7. The molecule has 0 radical (unpaired) electrons. The van der Waals surface area contributed by atoms with Gasteiger partial charge in [0.15, 0.2) is 16.8 Å². The molecule has 0 atom stereocenters. The molecule has 0 saturated carbocycles. The topological polar surface area (TPSA) is 89.8 Å². The van der Waals surface area contributed by atoms with Crippen molar-refractivity contribution in [1.29, 1.82) is 0 Å². The van der Waals surface area contributed by atoms with Gasteiger partial charge in [-0.25, -0.2) is 4.39 Å². The zero-order valence-electron chi connectivity index (χ0n) is 17.7. The largest absolute Gasteiger partial charge is 0.325 e. The second-order valence-corrected chi connectivity index (χ2v) is 8.16. The monoisotopic (exact) mass is 461 g/mol. The number of halogens is 1. The Hall–Kier alpha value is -3.85. The lowest BCUT2D eigenvalue weighted by atomic mass is 10.0. The molecular formula is C24H20FN5O2S. The lowest BCUT2D eigenvalue weighted by Crippen LogP contribution is -2.14. The molecule has 4 rings (SSSR count). The van der Waals surface area contributed by atoms with Crippen LogP contribution in [0.5, 0.6) is 0 Å². The molecular weight excluding hydrogens is 441 g/mol. The van der Waals surface area contributed by atoms with Crippen molar-refractivity contribution in [3.05, 3.63) is 90.0 Å². The number of nitrogens with one attached hydrogen (secondary N) is 1. The Morgan fingerprint density at radius 2 is 1.73 bits per heavy atom. The third-order valence-electron chi connectivity index (χ3n) is 4.88. The van der Waals surface area contributed by atoms with Crippen LogP contribution in [-0.4, -0.2) is 37.2 Å². The SMILES string of the molecule is Cn1c(SCC(=O)Nc2ccc(CC(=O)c3ccccc3F)cc2)nnc1-c1ccncc1. The first-order chi connectivity index (χ1) is 16.0. The molecule has 0 aliphatic rings. The highest BCUT2D eigenvalue weighted by atomic mass is 32.2. The van der Waals surface area contributed by atoms with Gasteiger partial charge in [-0.05, 0) is 42.0 Å². The zero-order chi connectivity index (χ0) is 23.2. The van der Waals surface area contributed by atoms with Gasteiger partial charge in [0.2, 0.25) is 5.91 Å². The van der Waals surface area contributed by atoms with E-state index in [1.165, 1.54) is 23.9 Å². The standard InChI is InChI=1S/C24H20FN5O2S/c1-30-23(17-10-12-26-13-11-17)28-29-24(30)33-15-22(32)27-18-8-6-16(7-9-18)14-21(31)19-4-2-3-5-20(19)25/h2-13H,14-15H2,1H3,(H,27,32). The van der Waals surface area contributed by atoms with Crippen LogP contribution in [0.1, 0.15) is 15.9 Å². The van der Waals surface area contributed by atoms with Gasteiger partial charge in [0, 0.05) is 37.1 Å². The van der Waals surface area contributed by atoms with E-state index in [2.05, 4.69) is 20.5 Å². The van der Waals surface area contributed by atoms with E-state index in [4.69, 9.17) is 0 Å². The molecule has 166 valence electrons. The van der Waals surface area contributed by atoms with Gasteiger partial charge in [0.25, 0.3) is 0 Å². The Morgan fingerprint density at radius 3 is 2.45 bits per heavy atom. The van der Waals surface area contributed by atoms with Crippen LogP contribution in [0, 0.1) is 5.82 Å². The van der Waals surface area contributed by atoms with E-state index < -0.39 is 5.82 Å². The molecule has 1 amide bonds. The maximum absolute atomic E-state index is 13.8. The van der Waals surface area contributed by atoms with Crippen molar-refractivity contribution >= 4 is 29.1 Å². The molecule has 1 N–H and O–H groups in total. The summed E-state index contributed by atoms with van der Waals surface area (Å²) in [7, 11) is 1.84. The molecule has 2 heterocycles. The third-order valence-corrected chi connectivity index (χ3v) is 5.90. The van der Waals surface area contributed by atoms with Crippen molar-refractivity contribution in [3.63, 3.8) is 0 Å². The Bertz CT molecular complexity index is 1280. The van der Waals surface area contributed by atoms with Gasteiger partial charge in [0.1, 0.15) is 5.82 Å². The number of pyridine rings is 1. The smallest absolute Gasteiger partial charge is 0.234 e. The fraction of sp³-hybridized carbons (Fsp3) is 0.125. The molecule has 2 aromatic carbocycles. The molecule has 0 aliphatic heterocycles. The number of rotatable bonds is 8. The van der Waals surface area contributed by atoms with Crippen molar-refractivity contribution in [2.75, 3.05) is 11.1 Å². The van der Waals surface area contributed by atoms with Crippen LogP contribution in [0.25, 0.3) is 11.4 Å². The highest BCUT2D eigenvalue weighted by Gasteiger charge is 2.14. The summed E-state index contributed by atoms with van der Waals surface area (Å²) in [5.41, 5.74) is 2.31. The lowest BCUT2D eigenvalue weighted by Gasteiger charge is -2.07. The Morgan fingerprint density at radius 1 is 1.00 bits per heavy atom. The number of ketones is 1. The zero-order valence-corrected chi connectivity index (χ0v) is 18.6. The fourth-order valence-electron chi connectivity index (χ4n) is 3.19. The van der Waals surface area contributed by atoms with E-state index in [1.807, 2.05) is 23.7 Å². The minimum absolute atomic E-state index is 0.0720. The van der Waals surface area contributed by atoms with Gasteiger partial charge in [-0.3, -0.25) is 14.6 Å². The molecule has 0 aliphatic carbocycles. The van der Waals surface area contributed by atoms with E-state index in [0.717, 1.165) is 11.1 Å². The average molecular weight is 462 g/mol. The minimum Gasteiger partial charge on any atom is -0.325 e. The summed E-state index contributed by atoms with van der Waals surface area (Å²) in [5.74, 6) is -0.157. The maximum Gasteiger partial charge on any atom is 0.234 e. The van der Waals surface area contributed by atoms with Crippen LogP contribution < -0.4 is 5.32 Å². The molecule has 0 unspecified atom stereocenters. The highest BCUT2D eigenvalue weighted by molar-refractivity contribution is 7.99. The van der Waals surface area contributed by atoms with Crippen LogP contribution in [0.15, 0.2) is 78.2 Å². The Labute approximate surface area is 194 Å². The van der Waals surface area contributed by atoms with E-state index in [9.17, 15) is 14.0 Å². The van der Waals surface area contributed by atoms with Crippen LogP contribution in [0.4, 0.5) is 10.1 Å². The van der Waals surface area contributed by atoms with Gasteiger partial charge in [-0.2, -0.15) is 0 Å². The van der Waals surface area contributed by atoms with E-state index in [1.54, 1.807) is 48.8 Å². The Balaban J connectivity index is 1.31. The van der Waals surface area contributed by atoms with Gasteiger partial charge < -0.3 is 9.88 Å². The Kier molecular flexibility index (Phi) is 6.89. The second kappa shape index (κ2) is 10.2. The number of Topliss-reactive ketones (excluding diaryl/α,β-unsaturated/α-hetero) is 1. The summed E-state index contributed by atoms with van der Waals surface area (Å²) >= 11 is 1.28. The molecule has 4 aromatic rings. The number of hydrogen-bond donors (Lipinski definition) is 1. The number of benzene rings is 2. The van der Waals surface area contributed by atoms with Crippen LogP contribution in [0.3, 0.4) is 0 Å². The third kappa shape index (κ3) is 5.50. The first kappa shape index (κ1) is 22.3. The minimum atomic E-state index is -0.528. The van der Waals surface area contributed by atoms with E-state index >= 15 is 0 Å². The summed E-state index contributed by atoms with van der Waals surface area (Å²) < 4.78 is 15.6. The quantitative estimate of drug-likeness (QED) is 0.313. The predicted molar refractivity (Wildman–Crippen MR) is 124 cm³/mol. The molecule has 0 bridgehead atoms. The molecule has 9 heteroatoms. The number of hydrogen-bond acceptors (Lipinski definition) is 6. The lowest BCUT2D eigenvalue weighted by molar-refractivity contribution is -0.113. The average Bonchev–Trinajstić information content (AvgIpc) is 3.20. The molecule has 0 fully saturated rings. The summed E-state index contributed by atoms with van der Waals surface area (Å²) in [6.45, 7) is 0. The van der Waals surface area contributed by atoms with Crippen LogP contribution in [-0.2, 0) is 18.3 Å². The number of aromatic nitrogens is 4. The predicted octanol–water partition coefficient (Wildman–Crippen LogP) is 4.17.